The van der Waals surface area contributed by atoms with Gasteiger partial charge >= 0.3 is 0 Å². The van der Waals surface area contributed by atoms with Crippen LogP contribution in [0.2, 0.25) is 18.1 Å². The summed E-state index contributed by atoms with van der Waals surface area (Å²) in [6.45, 7) is 11.6. The second-order valence-corrected chi connectivity index (χ2v) is 12.7. The van der Waals surface area contributed by atoms with Gasteiger partial charge in [-0.25, -0.2) is 4.98 Å². The van der Waals surface area contributed by atoms with Crippen LogP contribution in [0.15, 0.2) is 24.3 Å². The Labute approximate surface area is 146 Å². The van der Waals surface area contributed by atoms with Gasteiger partial charge in [0.05, 0.1) is 23.5 Å². The Hall–Kier alpha value is -1.90. The molecule has 128 valence electrons. The van der Waals surface area contributed by atoms with Crippen LogP contribution in [0.3, 0.4) is 0 Å². The fourth-order valence-electron chi connectivity index (χ4n) is 2.25. The third-order valence-corrected chi connectivity index (χ3v) is 9.36. The van der Waals surface area contributed by atoms with Gasteiger partial charge in [-0.2, -0.15) is 5.26 Å². The quantitative estimate of drug-likeness (QED) is 0.757. The first kappa shape index (κ1) is 18.4. The molecule has 1 aromatic carbocycles. The standard InChI is InChI=1S/C19H27N3OSi/c1-19(2,3)24(6,7)23-13-15-10-8-14-9-11-17(22(4)5)16(12-20)18(14)21-15/h8-11H,13H2,1-7H3. The number of hydrogen-bond donors (Lipinski definition) is 0. The molecule has 0 aliphatic heterocycles. The zero-order chi connectivity index (χ0) is 18.1. The van der Waals surface area contributed by atoms with Gasteiger partial charge in [0.2, 0.25) is 0 Å². The summed E-state index contributed by atoms with van der Waals surface area (Å²) in [7, 11) is 2.05. The van der Waals surface area contributed by atoms with E-state index in [-0.39, 0.29) is 5.04 Å². The van der Waals surface area contributed by atoms with E-state index in [1.54, 1.807) is 0 Å². The van der Waals surface area contributed by atoms with Crippen LogP contribution in [0.4, 0.5) is 5.69 Å². The smallest absolute Gasteiger partial charge is 0.192 e. The van der Waals surface area contributed by atoms with Gasteiger partial charge in [-0.3, -0.25) is 0 Å². The van der Waals surface area contributed by atoms with Crippen LogP contribution in [0.5, 0.6) is 0 Å². The Morgan fingerprint density at radius 1 is 1.17 bits per heavy atom. The minimum Gasteiger partial charge on any atom is -0.411 e. The highest BCUT2D eigenvalue weighted by atomic mass is 28.4. The van der Waals surface area contributed by atoms with Gasteiger partial charge in [-0.05, 0) is 30.3 Å². The third kappa shape index (κ3) is 3.60. The largest absolute Gasteiger partial charge is 0.411 e. The van der Waals surface area contributed by atoms with Crippen LogP contribution in [0, 0.1) is 11.3 Å². The summed E-state index contributed by atoms with van der Waals surface area (Å²) >= 11 is 0. The van der Waals surface area contributed by atoms with Crippen LogP contribution in [-0.2, 0) is 11.0 Å². The lowest BCUT2D eigenvalue weighted by molar-refractivity contribution is 0.272. The molecule has 2 rings (SSSR count). The van der Waals surface area contributed by atoms with Gasteiger partial charge < -0.3 is 9.33 Å². The van der Waals surface area contributed by atoms with E-state index in [1.165, 1.54) is 0 Å². The molecule has 0 spiro atoms. The molecule has 0 atom stereocenters. The number of nitriles is 1. The Morgan fingerprint density at radius 2 is 1.79 bits per heavy atom. The highest BCUT2D eigenvalue weighted by Crippen LogP contribution is 2.37. The van der Waals surface area contributed by atoms with Crippen molar-refractivity contribution in [3.8, 4) is 6.07 Å². The van der Waals surface area contributed by atoms with Crippen molar-refractivity contribution >= 4 is 24.9 Å². The molecule has 0 radical (unpaired) electrons. The zero-order valence-corrected chi connectivity index (χ0v) is 16.8. The summed E-state index contributed by atoms with van der Waals surface area (Å²) in [6.07, 6.45) is 0. The zero-order valence-electron chi connectivity index (χ0n) is 15.8. The van der Waals surface area contributed by atoms with E-state index in [2.05, 4.69) is 39.9 Å². The van der Waals surface area contributed by atoms with Gasteiger partial charge in [0.25, 0.3) is 0 Å². The highest BCUT2D eigenvalue weighted by molar-refractivity contribution is 6.74. The maximum absolute atomic E-state index is 9.58. The van der Waals surface area contributed by atoms with Crippen LogP contribution in [-0.4, -0.2) is 27.4 Å². The van der Waals surface area contributed by atoms with Gasteiger partial charge in [0.15, 0.2) is 8.32 Å². The van der Waals surface area contributed by atoms with Crippen molar-refractivity contribution in [2.75, 3.05) is 19.0 Å². The molecule has 0 unspecified atom stereocenters. The lowest BCUT2D eigenvalue weighted by atomic mass is 10.1. The molecule has 0 bridgehead atoms. The average Bonchev–Trinajstić information content (AvgIpc) is 2.50. The molecule has 5 heteroatoms. The first-order valence-corrected chi connectivity index (χ1v) is 11.1. The lowest BCUT2D eigenvalue weighted by Crippen LogP contribution is -2.40. The fourth-order valence-corrected chi connectivity index (χ4v) is 3.19. The summed E-state index contributed by atoms with van der Waals surface area (Å²) < 4.78 is 6.26. The predicted octanol–water partition coefficient (Wildman–Crippen LogP) is 4.69. The van der Waals surface area contributed by atoms with Crippen molar-refractivity contribution in [3.05, 3.63) is 35.5 Å². The number of fused-ring (bicyclic) bond motifs is 1. The van der Waals surface area contributed by atoms with Crippen LogP contribution in [0.1, 0.15) is 32.0 Å². The monoisotopic (exact) mass is 341 g/mol. The van der Waals surface area contributed by atoms with Crippen LogP contribution < -0.4 is 4.90 Å². The number of nitrogens with zero attached hydrogens (tertiary/aromatic N) is 3. The van der Waals surface area contributed by atoms with E-state index in [1.807, 2.05) is 43.3 Å². The number of anilines is 1. The highest BCUT2D eigenvalue weighted by Gasteiger charge is 2.37. The van der Waals surface area contributed by atoms with Gasteiger partial charge in [-0.15, -0.1) is 0 Å². The number of aromatic nitrogens is 1. The van der Waals surface area contributed by atoms with Crippen molar-refractivity contribution in [1.29, 1.82) is 5.26 Å². The Bertz CT molecular complexity index is 786. The predicted molar refractivity (Wildman–Crippen MR) is 103 cm³/mol. The Morgan fingerprint density at radius 3 is 2.33 bits per heavy atom. The van der Waals surface area contributed by atoms with E-state index < -0.39 is 8.32 Å². The van der Waals surface area contributed by atoms with Gasteiger partial charge in [0.1, 0.15) is 11.6 Å². The van der Waals surface area contributed by atoms with Crippen molar-refractivity contribution < 1.29 is 4.43 Å². The number of benzene rings is 1. The number of pyridine rings is 1. The van der Waals surface area contributed by atoms with Gasteiger partial charge in [-0.1, -0.05) is 32.9 Å². The minimum absolute atomic E-state index is 0.166. The molecule has 0 saturated heterocycles. The molecule has 24 heavy (non-hydrogen) atoms. The molecule has 0 amide bonds. The topological polar surface area (TPSA) is 49.1 Å². The first-order chi connectivity index (χ1) is 11.1. The normalized spacial score (nSPS) is 12.2. The maximum Gasteiger partial charge on any atom is 0.192 e. The summed E-state index contributed by atoms with van der Waals surface area (Å²) in [4.78, 5) is 6.67. The molecule has 1 aromatic heterocycles. The number of hydrogen-bond acceptors (Lipinski definition) is 4. The summed E-state index contributed by atoms with van der Waals surface area (Å²) in [6, 6.07) is 10.3. The van der Waals surface area contributed by atoms with E-state index in [9.17, 15) is 5.26 Å². The summed E-state index contributed by atoms with van der Waals surface area (Å²) in [5, 5.41) is 10.7. The lowest BCUT2D eigenvalue weighted by Gasteiger charge is -2.36. The van der Waals surface area contributed by atoms with Crippen LogP contribution >= 0.6 is 0 Å². The second-order valence-electron chi connectivity index (χ2n) is 7.89. The molecule has 0 N–H and O–H groups in total. The molecule has 0 aliphatic carbocycles. The summed E-state index contributed by atoms with van der Waals surface area (Å²) in [5.74, 6) is 0. The van der Waals surface area contributed by atoms with Gasteiger partial charge in [0, 0.05) is 19.5 Å². The van der Waals surface area contributed by atoms with Crippen molar-refractivity contribution in [1.82, 2.24) is 4.98 Å². The fraction of sp³-hybridized carbons (Fsp3) is 0.474. The minimum atomic E-state index is -1.82. The van der Waals surface area contributed by atoms with Crippen molar-refractivity contribution in [3.63, 3.8) is 0 Å². The van der Waals surface area contributed by atoms with Crippen LogP contribution in [0.25, 0.3) is 10.9 Å². The maximum atomic E-state index is 9.58. The van der Waals surface area contributed by atoms with Crippen molar-refractivity contribution in [2.24, 2.45) is 0 Å². The molecular weight excluding hydrogens is 314 g/mol. The third-order valence-electron chi connectivity index (χ3n) is 4.88. The second kappa shape index (κ2) is 6.54. The molecule has 1 heterocycles. The molecule has 0 saturated carbocycles. The van der Waals surface area contributed by atoms with E-state index >= 15 is 0 Å². The first-order valence-electron chi connectivity index (χ1n) is 8.21. The molecule has 0 fully saturated rings. The average molecular weight is 342 g/mol. The molecule has 2 aromatic rings. The molecule has 4 nitrogen and oxygen atoms in total. The molecule has 0 aliphatic rings. The Kier molecular flexibility index (Phi) is 5.02. The van der Waals surface area contributed by atoms with E-state index in [0.717, 1.165) is 22.3 Å². The van der Waals surface area contributed by atoms with E-state index in [0.29, 0.717) is 12.2 Å². The van der Waals surface area contributed by atoms with E-state index in [4.69, 9.17) is 9.41 Å². The van der Waals surface area contributed by atoms with Crippen molar-refractivity contribution in [2.45, 2.75) is 45.5 Å². The molecular formula is C19H27N3OSi. The summed E-state index contributed by atoms with van der Waals surface area (Å²) in [5.41, 5.74) is 3.13. The number of rotatable bonds is 4. The Balaban J connectivity index is 2.39. The SMILES string of the molecule is CN(C)c1ccc2ccc(CO[Si](C)(C)C(C)(C)C)nc2c1C#N.